The summed E-state index contributed by atoms with van der Waals surface area (Å²) in [7, 11) is 2.18. The number of halogens is 1. The fourth-order valence-electron chi connectivity index (χ4n) is 9.66. The lowest BCUT2D eigenvalue weighted by atomic mass is 9.64. The van der Waals surface area contributed by atoms with Gasteiger partial charge < -0.3 is 30.5 Å². The lowest BCUT2D eigenvalue weighted by Crippen LogP contribution is -2.74. The van der Waals surface area contributed by atoms with Crippen LogP contribution in [0.3, 0.4) is 0 Å². The molecule has 3 saturated carbocycles. The molecule has 11 atom stereocenters. The number of rotatable bonds is 5. The summed E-state index contributed by atoms with van der Waals surface area (Å²) in [6, 6.07) is -0.0116. The minimum absolute atomic E-state index is 0.0255. The van der Waals surface area contributed by atoms with Gasteiger partial charge in [-0.25, -0.2) is 4.39 Å². The molecule has 0 bridgehead atoms. The molecule has 0 aromatic rings. The molecule has 8 nitrogen and oxygen atoms in total. The molecule has 0 spiro atoms. The number of carbonyl (C=O) groups is 2. The van der Waals surface area contributed by atoms with E-state index in [1.165, 1.54) is 38.5 Å². The molecule has 4 heterocycles. The van der Waals surface area contributed by atoms with Crippen LogP contribution in [0.25, 0.3) is 0 Å². The van der Waals surface area contributed by atoms with Crippen LogP contribution in [0.4, 0.5) is 4.39 Å². The molecule has 3 aliphatic carbocycles. The predicted octanol–water partition coefficient (Wildman–Crippen LogP) is 2.22. The van der Waals surface area contributed by atoms with Crippen molar-refractivity contribution in [3.63, 3.8) is 0 Å². The third-order valence-corrected chi connectivity index (χ3v) is 11.8. The highest BCUT2D eigenvalue weighted by molar-refractivity contribution is 6.20. The average molecular weight is 558 g/mol. The van der Waals surface area contributed by atoms with Crippen molar-refractivity contribution in [1.29, 1.82) is 0 Å². The monoisotopic (exact) mass is 557 g/mol. The third kappa shape index (κ3) is 4.63. The molecule has 0 aromatic carbocycles. The lowest BCUT2D eigenvalue weighted by Gasteiger charge is -2.61. The molecule has 222 valence electrons. The van der Waals surface area contributed by atoms with Crippen molar-refractivity contribution in [2.45, 2.75) is 119 Å². The number of fused-ring (bicyclic) bond motifs is 4. The first-order valence-electron chi connectivity index (χ1n) is 16.2. The molecule has 3 N–H and O–H groups in total. The van der Waals surface area contributed by atoms with Gasteiger partial charge in [-0.2, -0.15) is 0 Å². The van der Waals surface area contributed by atoms with Gasteiger partial charge >= 0.3 is 0 Å². The molecule has 0 aromatic heterocycles. The first-order chi connectivity index (χ1) is 19.4. The number of hydrogen-bond acceptors (Lipinski definition) is 7. The largest absolute Gasteiger partial charge is 0.369 e. The number of Topliss-reactive ketones (excluding diaryl/α,β-unsaturated/α-hetero) is 1. The van der Waals surface area contributed by atoms with Crippen molar-refractivity contribution in [3.8, 4) is 0 Å². The molecule has 0 radical (unpaired) electrons. The second-order valence-corrected chi connectivity index (χ2v) is 14.0. The van der Waals surface area contributed by atoms with Gasteiger partial charge in [0.15, 0.2) is 5.78 Å². The molecule has 6 fully saturated rings. The summed E-state index contributed by atoms with van der Waals surface area (Å²) >= 11 is 0. The molecular formula is C31H48FN5O3. The summed E-state index contributed by atoms with van der Waals surface area (Å²) in [6.45, 7) is 2.94. The number of amides is 1. The molecule has 40 heavy (non-hydrogen) atoms. The van der Waals surface area contributed by atoms with Crippen molar-refractivity contribution in [3.05, 3.63) is 11.8 Å². The second kappa shape index (κ2) is 10.9. The Morgan fingerprint density at radius 3 is 2.73 bits per heavy atom. The minimum Gasteiger partial charge on any atom is -0.369 e. The maximum absolute atomic E-state index is 16.1. The number of nitrogens with two attached hydrogens (primary N) is 1. The first-order valence-corrected chi connectivity index (χ1v) is 16.2. The van der Waals surface area contributed by atoms with Crippen LogP contribution < -0.4 is 11.1 Å². The Morgan fingerprint density at radius 1 is 1.10 bits per heavy atom. The molecule has 9 heteroatoms. The van der Waals surface area contributed by atoms with Crippen LogP contribution in [0.15, 0.2) is 11.8 Å². The van der Waals surface area contributed by atoms with E-state index in [9.17, 15) is 9.59 Å². The van der Waals surface area contributed by atoms with E-state index >= 15 is 4.39 Å². The van der Waals surface area contributed by atoms with Crippen LogP contribution in [0.2, 0.25) is 0 Å². The first kappa shape index (κ1) is 27.3. The quantitative estimate of drug-likeness (QED) is 0.501. The van der Waals surface area contributed by atoms with Gasteiger partial charge in [-0.15, -0.1) is 0 Å². The Labute approximate surface area is 238 Å². The van der Waals surface area contributed by atoms with Crippen molar-refractivity contribution in [1.82, 2.24) is 20.0 Å². The number of nitrogens with zero attached hydrogens (tertiary/aromatic N) is 3. The molecule has 7 aliphatic rings. The van der Waals surface area contributed by atoms with E-state index in [1.807, 2.05) is 6.20 Å². The van der Waals surface area contributed by atoms with E-state index in [-0.39, 0.29) is 47.9 Å². The number of ether oxygens (including phenoxy) is 1. The minimum atomic E-state index is -1.18. The van der Waals surface area contributed by atoms with Gasteiger partial charge in [0.05, 0.1) is 35.9 Å². The molecule has 7 rings (SSSR count). The van der Waals surface area contributed by atoms with E-state index < -0.39 is 24.2 Å². The van der Waals surface area contributed by atoms with Gasteiger partial charge in [-0.3, -0.25) is 9.59 Å². The van der Waals surface area contributed by atoms with Crippen molar-refractivity contribution in [2.24, 2.45) is 23.5 Å². The van der Waals surface area contributed by atoms with Crippen molar-refractivity contribution >= 4 is 11.7 Å². The second-order valence-electron chi connectivity index (χ2n) is 14.0. The Morgan fingerprint density at radius 2 is 1.95 bits per heavy atom. The number of hydrogen-bond donors (Lipinski definition) is 2. The SMILES string of the molecule is CN1CCCC1CCNC1C(F)CC2C(=O)C(C(=O)N3CC[C@@H](N)C3)=CN3C4CCC5CCCCC5C4OC1C23. The van der Waals surface area contributed by atoms with E-state index in [4.69, 9.17) is 10.5 Å². The van der Waals surface area contributed by atoms with Gasteiger partial charge in [0.1, 0.15) is 6.17 Å². The maximum Gasteiger partial charge on any atom is 0.259 e. The zero-order valence-corrected chi connectivity index (χ0v) is 24.1. The standard InChI is InChI=1S/C31H48FN5O3/c1-35-13-4-6-20(35)10-12-34-26-24(32)15-22-27-30(26)40-29-21-7-3-2-5-18(21)8-9-25(29)37(27)17-23(28(22)38)31(39)36-14-11-19(33)16-36/h17-22,24-27,29-30,34H,2-16,33H2,1H3/t18?,19-,20?,21?,22?,24?,25?,26?,27?,29?,30?/m1/s1. The number of likely N-dealkylation sites (tertiary alicyclic amines) is 2. The van der Waals surface area contributed by atoms with Crippen molar-refractivity contribution in [2.75, 3.05) is 33.2 Å². The summed E-state index contributed by atoms with van der Waals surface area (Å²) in [6.07, 6.45) is 11.8. The van der Waals surface area contributed by atoms with Gasteiger partial charge in [0.2, 0.25) is 0 Å². The molecule has 3 saturated heterocycles. The number of ketones is 1. The normalized spacial score (nSPS) is 45.1. The van der Waals surface area contributed by atoms with E-state index in [0.29, 0.717) is 31.0 Å². The fourth-order valence-corrected chi connectivity index (χ4v) is 9.66. The van der Waals surface area contributed by atoms with Crippen molar-refractivity contribution < 1.29 is 18.7 Å². The summed E-state index contributed by atoms with van der Waals surface area (Å²) in [4.78, 5) is 34.0. The molecule has 10 unspecified atom stereocenters. The zero-order chi connectivity index (χ0) is 27.5. The van der Waals surface area contributed by atoms with Gasteiger partial charge in [-0.1, -0.05) is 19.3 Å². The number of nitrogens with one attached hydrogen (secondary N) is 1. The van der Waals surface area contributed by atoms with Crippen LogP contribution in [0.1, 0.15) is 70.6 Å². The molecule has 4 aliphatic heterocycles. The van der Waals surface area contributed by atoms with Crippen LogP contribution in [0.5, 0.6) is 0 Å². The summed E-state index contributed by atoms with van der Waals surface area (Å²) in [5, 5.41) is 3.60. The Hall–Kier alpha value is -1.55. The highest BCUT2D eigenvalue weighted by Gasteiger charge is 2.60. The number of morpholine rings is 1. The zero-order valence-electron chi connectivity index (χ0n) is 24.1. The van der Waals surface area contributed by atoms with Crippen LogP contribution in [0, 0.1) is 17.8 Å². The lowest BCUT2D eigenvalue weighted by molar-refractivity contribution is -0.220. The summed E-state index contributed by atoms with van der Waals surface area (Å²) in [5.41, 5.74) is 6.34. The van der Waals surface area contributed by atoms with Crippen LogP contribution in [-0.2, 0) is 14.3 Å². The van der Waals surface area contributed by atoms with E-state index in [0.717, 1.165) is 38.8 Å². The predicted molar refractivity (Wildman–Crippen MR) is 150 cm³/mol. The van der Waals surface area contributed by atoms with Crippen LogP contribution >= 0.6 is 0 Å². The summed E-state index contributed by atoms with van der Waals surface area (Å²) < 4.78 is 23.2. The maximum atomic E-state index is 16.1. The Kier molecular flexibility index (Phi) is 7.46. The average Bonchev–Trinajstić information content (AvgIpc) is 3.58. The third-order valence-electron chi connectivity index (χ3n) is 11.8. The number of carbonyl (C=O) groups excluding carboxylic acids is 2. The number of alkyl halides is 1. The molecule has 1 amide bonds. The topological polar surface area (TPSA) is 91.1 Å². The highest BCUT2D eigenvalue weighted by atomic mass is 19.1. The van der Waals surface area contributed by atoms with Gasteiger partial charge in [-0.05, 0) is 83.3 Å². The van der Waals surface area contributed by atoms with Gasteiger partial charge in [0.25, 0.3) is 5.91 Å². The van der Waals surface area contributed by atoms with Gasteiger partial charge in [0, 0.05) is 37.3 Å². The smallest absolute Gasteiger partial charge is 0.259 e. The summed E-state index contributed by atoms with van der Waals surface area (Å²) in [5.74, 6) is 0.169. The highest BCUT2D eigenvalue weighted by Crippen LogP contribution is 2.51. The molecular weight excluding hydrogens is 509 g/mol. The van der Waals surface area contributed by atoms with E-state index in [2.05, 4.69) is 22.2 Å². The van der Waals surface area contributed by atoms with E-state index in [1.54, 1.807) is 4.90 Å². The Bertz CT molecular complexity index is 1020. The fraction of sp³-hybridized carbons (Fsp3) is 0.871. The van der Waals surface area contributed by atoms with Crippen LogP contribution in [-0.4, -0.2) is 108 Å². The Balaban J connectivity index is 1.19.